The molecular formula is C16H13F2N3O3. The van der Waals surface area contributed by atoms with Gasteiger partial charge in [-0.25, -0.2) is 4.79 Å². The van der Waals surface area contributed by atoms with Crippen LogP contribution in [-0.2, 0) is 0 Å². The van der Waals surface area contributed by atoms with E-state index in [1.165, 1.54) is 25.3 Å². The van der Waals surface area contributed by atoms with Crippen molar-refractivity contribution in [2.24, 2.45) is 0 Å². The van der Waals surface area contributed by atoms with Gasteiger partial charge in [-0.15, -0.1) is 0 Å². The van der Waals surface area contributed by atoms with Gasteiger partial charge in [0.15, 0.2) is 11.5 Å². The second-order valence-corrected chi connectivity index (χ2v) is 4.51. The number of carbonyl (C=O) groups is 1. The molecule has 0 saturated heterocycles. The van der Waals surface area contributed by atoms with Crippen molar-refractivity contribution in [3.63, 3.8) is 0 Å². The van der Waals surface area contributed by atoms with Crippen LogP contribution < -0.4 is 20.1 Å². The monoisotopic (exact) mass is 333 g/mol. The molecule has 0 bridgehead atoms. The van der Waals surface area contributed by atoms with Gasteiger partial charge in [0.1, 0.15) is 0 Å². The van der Waals surface area contributed by atoms with Gasteiger partial charge in [-0.3, -0.25) is 0 Å². The third-order valence-electron chi connectivity index (χ3n) is 2.91. The molecule has 0 aliphatic heterocycles. The Hall–Kier alpha value is -3.34. The van der Waals surface area contributed by atoms with Crippen LogP contribution in [0.2, 0.25) is 0 Å². The number of halogens is 2. The number of carbonyl (C=O) groups excluding carboxylic acids is 1. The molecule has 0 saturated carbocycles. The summed E-state index contributed by atoms with van der Waals surface area (Å²) < 4.78 is 34.0. The molecule has 0 aliphatic carbocycles. The van der Waals surface area contributed by atoms with Gasteiger partial charge in [-0.2, -0.15) is 14.0 Å². The number of alkyl halides is 2. The minimum absolute atomic E-state index is 0.119. The number of rotatable bonds is 5. The lowest BCUT2D eigenvalue weighted by Gasteiger charge is -2.12. The summed E-state index contributed by atoms with van der Waals surface area (Å²) in [5.41, 5.74) is 1.19. The summed E-state index contributed by atoms with van der Waals surface area (Å²) in [4.78, 5) is 11.9. The lowest BCUT2D eigenvalue weighted by atomic mass is 10.2. The summed E-state index contributed by atoms with van der Waals surface area (Å²) in [7, 11) is 1.32. The number of benzene rings is 2. The molecule has 2 amide bonds. The molecule has 0 aliphatic rings. The van der Waals surface area contributed by atoms with Crippen LogP contribution in [-0.4, -0.2) is 19.8 Å². The van der Waals surface area contributed by atoms with Crippen molar-refractivity contribution >= 4 is 17.4 Å². The number of nitrogens with zero attached hydrogens (tertiary/aromatic N) is 1. The van der Waals surface area contributed by atoms with E-state index in [-0.39, 0.29) is 17.2 Å². The van der Waals surface area contributed by atoms with Crippen LogP contribution in [0.1, 0.15) is 5.56 Å². The van der Waals surface area contributed by atoms with Gasteiger partial charge in [0.2, 0.25) is 0 Å². The van der Waals surface area contributed by atoms with Crippen molar-refractivity contribution in [2.75, 3.05) is 17.7 Å². The molecule has 0 heterocycles. The largest absolute Gasteiger partial charge is 0.493 e. The molecule has 0 unspecified atom stereocenters. The fraction of sp³-hybridized carbons (Fsp3) is 0.125. The molecule has 2 rings (SSSR count). The summed E-state index contributed by atoms with van der Waals surface area (Å²) >= 11 is 0. The molecule has 2 N–H and O–H groups in total. The van der Waals surface area contributed by atoms with Gasteiger partial charge in [0.05, 0.1) is 18.7 Å². The third kappa shape index (κ3) is 4.58. The highest BCUT2D eigenvalue weighted by Gasteiger charge is 2.12. The number of nitrogens with one attached hydrogen (secondary N) is 2. The molecule has 0 fully saturated rings. The Labute approximate surface area is 136 Å². The zero-order chi connectivity index (χ0) is 17.5. The van der Waals surface area contributed by atoms with Crippen molar-refractivity contribution in [1.29, 1.82) is 5.26 Å². The zero-order valence-corrected chi connectivity index (χ0v) is 12.5. The van der Waals surface area contributed by atoms with Crippen molar-refractivity contribution in [3.05, 3.63) is 48.0 Å². The summed E-state index contributed by atoms with van der Waals surface area (Å²) in [6.45, 7) is -3.01. The number of nitriles is 1. The number of urea groups is 1. The molecule has 6 nitrogen and oxygen atoms in total. The SMILES string of the molecule is COc1ccc(NC(=O)Nc2ccc(C#N)cc2)cc1OC(F)F. The second kappa shape index (κ2) is 7.78. The average molecular weight is 333 g/mol. The van der Waals surface area contributed by atoms with E-state index in [9.17, 15) is 13.6 Å². The Kier molecular flexibility index (Phi) is 5.52. The van der Waals surface area contributed by atoms with Crippen molar-refractivity contribution < 1.29 is 23.0 Å². The molecule has 24 heavy (non-hydrogen) atoms. The van der Waals surface area contributed by atoms with Crippen molar-refractivity contribution in [3.8, 4) is 17.6 Å². The molecule has 0 aromatic heterocycles. The van der Waals surface area contributed by atoms with Crippen LogP contribution in [0.4, 0.5) is 25.0 Å². The fourth-order valence-electron chi connectivity index (χ4n) is 1.86. The molecule has 2 aromatic carbocycles. The number of amides is 2. The van der Waals surface area contributed by atoms with Crippen molar-refractivity contribution in [1.82, 2.24) is 0 Å². The zero-order valence-electron chi connectivity index (χ0n) is 12.5. The average Bonchev–Trinajstić information content (AvgIpc) is 2.55. The normalized spacial score (nSPS) is 9.96. The highest BCUT2D eigenvalue weighted by atomic mass is 19.3. The summed E-state index contributed by atoms with van der Waals surface area (Å²) in [5.74, 6) is -0.0722. The van der Waals surface area contributed by atoms with Crippen molar-refractivity contribution in [2.45, 2.75) is 6.61 Å². The topological polar surface area (TPSA) is 83.4 Å². The lowest BCUT2D eigenvalue weighted by Crippen LogP contribution is -2.19. The van der Waals surface area contributed by atoms with Crippen LogP contribution in [0.3, 0.4) is 0 Å². The van der Waals surface area contributed by atoms with Gasteiger partial charge in [0, 0.05) is 17.4 Å². The van der Waals surface area contributed by atoms with E-state index in [0.29, 0.717) is 11.3 Å². The molecule has 0 radical (unpaired) electrons. The highest BCUT2D eigenvalue weighted by Crippen LogP contribution is 2.31. The Morgan fingerprint density at radius 3 is 2.29 bits per heavy atom. The quantitative estimate of drug-likeness (QED) is 0.871. The maximum Gasteiger partial charge on any atom is 0.387 e. The lowest BCUT2D eigenvalue weighted by molar-refractivity contribution is -0.0511. The standard InChI is InChI=1S/C16H13F2N3O3/c1-23-13-7-6-12(8-14(13)24-15(17)18)21-16(22)20-11-4-2-10(9-19)3-5-11/h2-8,15H,1H3,(H2,20,21,22). The van der Waals surface area contributed by atoms with E-state index in [0.717, 1.165) is 0 Å². The summed E-state index contributed by atoms with van der Waals surface area (Å²) in [5, 5.41) is 13.8. The minimum Gasteiger partial charge on any atom is -0.493 e. The predicted molar refractivity (Wildman–Crippen MR) is 83.4 cm³/mol. The second-order valence-electron chi connectivity index (χ2n) is 4.51. The number of hydrogen-bond acceptors (Lipinski definition) is 4. The van der Waals surface area contributed by atoms with E-state index in [1.807, 2.05) is 6.07 Å². The van der Waals surface area contributed by atoms with Crippen LogP contribution in [0.5, 0.6) is 11.5 Å². The Morgan fingerprint density at radius 1 is 1.08 bits per heavy atom. The van der Waals surface area contributed by atoms with Crippen LogP contribution >= 0.6 is 0 Å². The predicted octanol–water partition coefficient (Wildman–Crippen LogP) is 3.81. The van der Waals surface area contributed by atoms with E-state index < -0.39 is 12.6 Å². The highest BCUT2D eigenvalue weighted by molar-refractivity contribution is 5.99. The molecule has 0 spiro atoms. The Morgan fingerprint density at radius 2 is 1.71 bits per heavy atom. The molecule has 8 heteroatoms. The molecule has 124 valence electrons. The third-order valence-corrected chi connectivity index (χ3v) is 2.91. The van der Waals surface area contributed by atoms with Gasteiger partial charge < -0.3 is 20.1 Å². The van der Waals surface area contributed by atoms with E-state index in [2.05, 4.69) is 15.4 Å². The van der Waals surface area contributed by atoms with Gasteiger partial charge in [-0.05, 0) is 36.4 Å². The molecule has 2 aromatic rings. The Balaban J connectivity index is 2.06. The maximum absolute atomic E-state index is 12.4. The van der Waals surface area contributed by atoms with Crippen LogP contribution in [0, 0.1) is 11.3 Å². The summed E-state index contributed by atoms with van der Waals surface area (Å²) in [6, 6.07) is 11.7. The number of hydrogen-bond donors (Lipinski definition) is 2. The van der Waals surface area contributed by atoms with Crippen LogP contribution in [0.15, 0.2) is 42.5 Å². The Bertz CT molecular complexity index is 758. The number of ether oxygens (including phenoxy) is 2. The first-order valence-electron chi connectivity index (χ1n) is 6.73. The van der Waals surface area contributed by atoms with E-state index >= 15 is 0 Å². The van der Waals surface area contributed by atoms with Crippen LogP contribution in [0.25, 0.3) is 0 Å². The smallest absolute Gasteiger partial charge is 0.387 e. The molecular weight excluding hydrogens is 320 g/mol. The first-order valence-corrected chi connectivity index (χ1v) is 6.73. The molecule has 0 atom stereocenters. The number of anilines is 2. The maximum atomic E-state index is 12.4. The van der Waals surface area contributed by atoms with E-state index in [1.54, 1.807) is 24.3 Å². The first kappa shape index (κ1) is 17.0. The number of methoxy groups -OCH3 is 1. The minimum atomic E-state index is -3.01. The van der Waals surface area contributed by atoms with Gasteiger partial charge >= 0.3 is 12.6 Å². The fourth-order valence-corrected chi connectivity index (χ4v) is 1.86. The summed E-state index contributed by atoms with van der Waals surface area (Å²) in [6.07, 6.45) is 0. The van der Waals surface area contributed by atoms with Gasteiger partial charge in [0.25, 0.3) is 0 Å². The van der Waals surface area contributed by atoms with E-state index in [4.69, 9.17) is 10.00 Å². The first-order chi connectivity index (χ1) is 11.5. The van der Waals surface area contributed by atoms with Gasteiger partial charge in [-0.1, -0.05) is 0 Å².